The van der Waals surface area contributed by atoms with Crippen molar-refractivity contribution in [2.45, 2.75) is 4.90 Å². The fourth-order valence-corrected chi connectivity index (χ4v) is 4.27. The van der Waals surface area contributed by atoms with Gasteiger partial charge in [0.05, 0.1) is 10.6 Å². The number of para-hydroxylation sites is 1. The minimum Gasteiger partial charge on any atom is -0.480 e. The molecule has 0 atom stereocenters. The number of benzene rings is 3. The lowest BCUT2D eigenvalue weighted by molar-refractivity contribution is -0.135. The summed E-state index contributed by atoms with van der Waals surface area (Å²) in [5.41, 5.74) is 1.70. The van der Waals surface area contributed by atoms with Crippen LogP contribution in [-0.4, -0.2) is 26.0 Å². The lowest BCUT2D eigenvalue weighted by Crippen LogP contribution is -2.36. The van der Waals surface area contributed by atoms with Gasteiger partial charge < -0.3 is 5.11 Å². The number of carboxylic acid groups (broad SMARTS) is 1. The van der Waals surface area contributed by atoms with Crippen molar-refractivity contribution in [3.8, 4) is 11.1 Å². The summed E-state index contributed by atoms with van der Waals surface area (Å²) in [6, 6.07) is 21.6. The maximum Gasteiger partial charge on any atom is 0.324 e. The first-order chi connectivity index (χ1) is 12.9. The van der Waals surface area contributed by atoms with Crippen molar-refractivity contribution in [2.24, 2.45) is 0 Å². The van der Waals surface area contributed by atoms with Gasteiger partial charge in [0.25, 0.3) is 10.0 Å². The second-order valence-electron chi connectivity index (χ2n) is 5.74. The van der Waals surface area contributed by atoms with Gasteiger partial charge in [-0.2, -0.15) is 0 Å². The maximum atomic E-state index is 13.2. The topological polar surface area (TPSA) is 74.7 Å². The Morgan fingerprint density at radius 3 is 2.11 bits per heavy atom. The van der Waals surface area contributed by atoms with Crippen molar-refractivity contribution in [2.75, 3.05) is 10.8 Å². The number of halogens is 1. The van der Waals surface area contributed by atoms with Crippen LogP contribution in [0, 0.1) is 0 Å². The fourth-order valence-electron chi connectivity index (χ4n) is 2.71. The Kier molecular flexibility index (Phi) is 5.48. The highest BCUT2D eigenvalue weighted by Crippen LogP contribution is 2.34. The molecular formula is C20H16ClNO4S. The van der Waals surface area contributed by atoms with Crippen molar-refractivity contribution in [1.82, 2.24) is 0 Å². The number of carboxylic acids is 1. The van der Waals surface area contributed by atoms with Gasteiger partial charge in [-0.15, -0.1) is 0 Å². The fraction of sp³-hybridized carbons (Fsp3) is 0.0500. The molecule has 0 saturated heterocycles. The molecule has 3 aromatic rings. The summed E-state index contributed by atoms with van der Waals surface area (Å²) in [6.45, 7) is -0.700. The zero-order valence-corrected chi connectivity index (χ0v) is 15.7. The Bertz CT molecular complexity index is 1050. The lowest BCUT2D eigenvalue weighted by atomic mass is 10.0. The number of hydrogen-bond acceptors (Lipinski definition) is 3. The van der Waals surface area contributed by atoms with Crippen LogP contribution in [0.1, 0.15) is 0 Å². The van der Waals surface area contributed by atoms with Crippen molar-refractivity contribution in [3.05, 3.63) is 83.9 Å². The van der Waals surface area contributed by atoms with Gasteiger partial charge in [0.2, 0.25) is 0 Å². The maximum absolute atomic E-state index is 13.2. The summed E-state index contributed by atoms with van der Waals surface area (Å²) in [4.78, 5) is 11.4. The van der Waals surface area contributed by atoms with Crippen LogP contribution in [0.15, 0.2) is 83.8 Å². The van der Waals surface area contributed by atoms with Gasteiger partial charge in [0.15, 0.2) is 0 Å². The molecule has 0 bridgehead atoms. The molecule has 1 N–H and O–H groups in total. The van der Waals surface area contributed by atoms with Gasteiger partial charge in [-0.3, -0.25) is 9.10 Å². The molecule has 5 nitrogen and oxygen atoms in total. The average molecular weight is 402 g/mol. The van der Waals surface area contributed by atoms with Crippen LogP contribution < -0.4 is 4.31 Å². The molecule has 0 spiro atoms. The summed E-state index contributed by atoms with van der Waals surface area (Å²) >= 11 is 5.85. The number of carbonyl (C=O) groups is 1. The largest absolute Gasteiger partial charge is 0.480 e. The molecular weight excluding hydrogens is 386 g/mol. The smallest absolute Gasteiger partial charge is 0.324 e. The van der Waals surface area contributed by atoms with E-state index in [1.807, 2.05) is 30.3 Å². The summed E-state index contributed by atoms with van der Waals surface area (Å²) in [7, 11) is -4.10. The van der Waals surface area contributed by atoms with Crippen molar-refractivity contribution in [1.29, 1.82) is 0 Å². The molecule has 3 aromatic carbocycles. The van der Waals surface area contributed by atoms with Crippen molar-refractivity contribution < 1.29 is 18.3 Å². The Morgan fingerprint density at radius 1 is 0.889 bits per heavy atom. The zero-order valence-electron chi connectivity index (χ0n) is 14.1. The van der Waals surface area contributed by atoms with E-state index in [0.717, 1.165) is 9.87 Å². The van der Waals surface area contributed by atoms with Gasteiger partial charge in [-0.25, -0.2) is 8.42 Å². The Hall–Kier alpha value is -2.83. The standard InChI is InChI=1S/C20H16ClNO4S/c21-16-10-12-17(13-11-16)27(25,26)22(14-20(23)24)19-9-5-4-8-18(19)15-6-2-1-3-7-15/h1-13H,14H2,(H,23,24). The third-order valence-electron chi connectivity index (χ3n) is 3.94. The molecule has 0 fully saturated rings. The predicted molar refractivity (Wildman–Crippen MR) is 105 cm³/mol. The highest BCUT2D eigenvalue weighted by atomic mass is 35.5. The Balaban J connectivity index is 2.17. The van der Waals surface area contributed by atoms with Gasteiger partial charge >= 0.3 is 5.97 Å². The van der Waals surface area contributed by atoms with Crippen LogP contribution in [0.2, 0.25) is 5.02 Å². The van der Waals surface area contributed by atoms with Crippen molar-refractivity contribution in [3.63, 3.8) is 0 Å². The number of aliphatic carboxylic acids is 1. The monoisotopic (exact) mass is 401 g/mol. The summed E-state index contributed by atoms with van der Waals surface area (Å²) in [5, 5.41) is 9.73. The molecule has 0 unspecified atom stereocenters. The first kappa shape index (κ1) is 18.9. The quantitative estimate of drug-likeness (QED) is 0.668. The predicted octanol–water partition coefficient (Wildman–Crippen LogP) is 4.29. The van der Waals surface area contributed by atoms with Crippen LogP contribution in [0.3, 0.4) is 0 Å². The van der Waals surface area contributed by atoms with E-state index in [0.29, 0.717) is 16.3 Å². The molecule has 0 amide bonds. The highest BCUT2D eigenvalue weighted by Gasteiger charge is 2.28. The van der Waals surface area contributed by atoms with E-state index >= 15 is 0 Å². The van der Waals surface area contributed by atoms with Gasteiger partial charge in [0.1, 0.15) is 6.54 Å². The highest BCUT2D eigenvalue weighted by molar-refractivity contribution is 7.92. The molecule has 3 rings (SSSR count). The zero-order chi connectivity index (χ0) is 19.4. The summed E-state index contributed by atoms with van der Waals surface area (Å²) < 4.78 is 27.3. The molecule has 0 heterocycles. The van der Waals surface area contributed by atoms with Crippen molar-refractivity contribution >= 4 is 33.3 Å². The van der Waals surface area contributed by atoms with E-state index < -0.39 is 22.5 Å². The Morgan fingerprint density at radius 2 is 1.48 bits per heavy atom. The van der Waals surface area contributed by atoms with E-state index in [2.05, 4.69) is 0 Å². The normalized spacial score (nSPS) is 11.1. The van der Waals surface area contributed by atoms with E-state index in [1.165, 1.54) is 24.3 Å². The number of sulfonamides is 1. The number of rotatable bonds is 6. The van der Waals surface area contributed by atoms with E-state index in [1.54, 1.807) is 24.3 Å². The minimum atomic E-state index is -4.10. The Labute approximate surface area is 162 Å². The molecule has 0 saturated carbocycles. The summed E-state index contributed by atoms with van der Waals surface area (Å²) in [6.07, 6.45) is 0. The number of hydrogen-bond donors (Lipinski definition) is 1. The van der Waals surface area contributed by atoms with Crippen LogP contribution in [-0.2, 0) is 14.8 Å². The first-order valence-electron chi connectivity index (χ1n) is 8.04. The summed E-state index contributed by atoms with van der Waals surface area (Å²) in [5.74, 6) is -1.25. The third kappa shape index (κ3) is 4.13. The average Bonchev–Trinajstić information content (AvgIpc) is 2.67. The molecule has 0 aromatic heterocycles. The van der Waals surface area contributed by atoms with E-state index in [-0.39, 0.29) is 4.90 Å². The molecule has 138 valence electrons. The molecule has 7 heteroatoms. The molecule has 0 aliphatic rings. The molecule has 0 aliphatic carbocycles. The molecule has 0 radical (unpaired) electrons. The van der Waals surface area contributed by atoms with Gasteiger partial charge in [-0.1, -0.05) is 60.1 Å². The first-order valence-corrected chi connectivity index (χ1v) is 9.86. The number of anilines is 1. The molecule has 27 heavy (non-hydrogen) atoms. The SMILES string of the molecule is O=C(O)CN(c1ccccc1-c1ccccc1)S(=O)(=O)c1ccc(Cl)cc1. The van der Waals surface area contributed by atoms with Crippen LogP contribution >= 0.6 is 11.6 Å². The van der Waals surface area contributed by atoms with Crippen LogP contribution in [0.25, 0.3) is 11.1 Å². The van der Waals surface area contributed by atoms with E-state index in [4.69, 9.17) is 11.6 Å². The lowest BCUT2D eigenvalue weighted by Gasteiger charge is -2.25. The number of nitrogens with zero attached hydrogens (tertiary/aromatic N) is 1. The van der Waals surface area contributed by atoms with Crippen LogP contribution in [0.5, 0.6) is 0 Å². The van der Waals surface area contributed by atoms with Gasteiger partial charge in [-0.05, 0) is 35.9 Å². The van der Waals surface area contributed by atoms with Crippen LogP contribution in [0.4, 0.5) is 5.69 Å². The van der Waals surface area contributed by atoms with Gasteiger partial charge in [0, 0.05) is 10.6 Å². The third-order valence-corrected chi connectivity index (χ3v) is 5.96. The minimum absolute atomic E-state index is 0.0315. The second-order valence-corrected chi connectivity index (χ2v) is 8.04. The van der Waals surface area contributed by atoms with E-state index in [9.17, 15) is 18.3 Å². The molecule has 0 aliphatic heterocycles. The second kappa shape index (κ2) is 7.82.